The number of nitrogen functional groups attached to an aromatic ring is 1. The van der Waals surface area contributed by atoms with Gasteiger partial charge in [0.05, 0.1) is 0 Å². The first kappa shape index (κ1) is 10.7. The van der Waals surface area contributed by atoms with Crippen LogP contribution in [0, 0.1) is 12.3 Å². The third-order valence-electron chi connectivity index (χ3n) is 2.02. The third kappa shape index (κ3) is 2.22. The fourth-order valence-corrected chi connectivity index (χ4v) is 2.11. The number of nitrogens with one attached hydrogen (secondary N) is 2. The van der Waals surface area contributed by atoms with Gasteiger partial charge in [-0.3, -0.25) is 10.5 Å². The van der Waals surface area contributed by atoms with Crippen LogP contribution in [0.25, 0.3) is 0 Å². The van der Waals surface area contributed by atoms with Gasteiger partial charge in [0.1, 0.15) is 12.2 Å². The monoisotopic (exact) mass is 233 g/mol. The Morgan fingerprint density at radius 1 is 1.50 bits per heavy atom. The van der Waals surface area contributed by atoms with Crippen molar-refractivity contribution < 1.29 is 0 Å². The van der Waals surface area contributed by atoms with E-state index in [0.717, 1.165) is 16.0 Å². The van der Waals surface area contributed by atoms with Gasteiger partial charge in [-0.05, 0) is 30.8 Å². The van der Waals surface area contributed by atoms with Crippen molar-refractivity contribution in [1.82, 2.24) is 15.2 Å². The zero-order valence-electron chi connectivity index (χ0n) is 8.69. The highest BCUT2D eigenvalue weighted by molar-refractivity contribution is 7.99. The Morgan fingerprint density at radius 2 is 2.31 bits per heavy atom. The predicted molar refractivity (Wildman–Crippen MR) is 62.7 cm³/mol. The molecular formula is C10H11N5S. The normalized spacial score (nSPS) is 10.3. The van der Waals surface area contributed by atoms with E-state index in [4.69, 9.17) is 11.1 Å². The number of aromatic amines is 1. The summed E-state index contributed by atoms with van der Waals surface area (Å²) in [5.41, 5.74) is 7.34. The van der Waals surface area contributed by atoms with Crippen molar-refractivity contribution in [3.8, 4) is 0 Å². The summed E-state index contributed by atoms with van der Waals surface area (Å²) in [6, 6.07) is 5.80. The average Bonchev–Trinajstić information content (AvgIpc) is 2.73. The van der Waals surface area contributed by atoms with Gasteiger partial charge in [0.2, 0.25) is 0 Å². The van der Waals surface area contributed by atoms with Crippen LogP contribution in [0.3, 0.4) is 0 Å². The molecule has 0 aliphatic rings. The van der Waals surface area contributed by atoms with Crippen molar-refractivity contribution in [1.29, 1.82) is 5.41 Å². The molecular weight excluding hydrogens is 222 g/mol. The Morgan fingerprint density at radius 3 is 2.94 bits per heavy atom. The van der Waals surface area contributed by atoms with Gasteiger partial charge in [-0.25, -0.2) is 4.98 Å². The SMILES string of the molecule is Cc1ccc(Sc2ncn[nH]2)c(C(=N)N)c1. The van der Waals surface area contributed by atoms with Crippen molar-refractivity contribution in [2.24, 2.45) is 5.73 Å². The van der Waals surface area contributed by atoms with Crippen molar-refractivity contribution in [3.63, 3.8) is 0 Å². The van der Waals surface area contributed by atoms with Gasteiger partial charge in [-0.2, -0.15) is 5.10 Å². The summed E-state index contributed by atoms with van der Waals surface area (Å²) in [6.45, 7) is 1.97. The lowest BCUT2D eigenvalue weighted by molar-refractivity contribution is 0.973. The molecule has 6 heteroatoms. The van der Waals surface area contributed by atoms with Crippen LogP contribution in [0.1, 0.15) is 11.1 Å². The van der Waals surface area contributed by atoms with E-state index in [-0.39, 0.29) is 5.84 Å². The van der Waals surface area contributed by atoms with Gasteiger partial charge in [-0.1, -0.05) is 11.6 Å². The highest BCUT2D eigenvalue weighted by atomic mass is 32.2. The molecule has 0 atom stereocenters. The minimum absolute atomic E-state index is 0.0608. The Balaban J connectivity index is 2.36. The van der Waals surface area contributed by atoms with Crippen LogP contribution in [-0.2, 0) is 0 Å². The summed E-state index contributed by atoms with van der Waals surface area (Å²) in [5, 5.41) is 14.7. The summed E-state index contributed by atoms with van der Waals surface area (Å²) in [6.07, 6.45) is 1.45. The lowest BCUT2D eigenvalue weighted by Crippen LogP contribution is -2.12. The Hall–Kier alpha value is -1.82. The van der Waals surface area contributed by atoms with E-state index in [1.165, 1.54) is 18.1 Å². The molecule has 2 aromatic rings. The van der Waals surface area contributed by atoms with Gasteiger partial charge in [0, 0.05) is 10.5 Å². The smallest absolute Gasteiger partial charge is 0.188 e. The van der Waals surface area contributed by atoms with E-state index in [1.54, 1.807) is 0 Å². The molecule has 1 heterocycles. The fraction of sp³-hybridized carbons (Fsp3) is 0.100. The molecule has 0 fully saturated rings. The Bertz CT molecular complexity index is 506. The summed E-state index contributed by atoms with van der Waals surface area (Å²) < 4.78 is 0. The van der Waals surface area contributed by atoms with Crippen LogP contribution in [0.4, 0.5) is 0 Å². The van der Waals surface area contributed by atoms with E-state index in [0.29, 0.717) is 5.16 Å². The molecule has 82 valence electrons. The highest BCUT2D eigenvalue weighted by Crippen LogP contribution is 2.27. The van der Waals surface area contributed by atoms with Crippen molar-refractivity contribution in [2.75, 3.05) is 0 Å². The maximum Gasteiger partial charge on any atom is 0.188 e. The van der Waals surface area contributed by atoms with E-state index >= 15 is 0 Å². The second kappa shape index (κ2) is 4.36. The van der Waals surface area contributed by atoms with E-state index in [9.17, 15) is 0 Å². The lowest BCUT2D eigenvalue weighted by Gasteiger charge is -2.06. The number of nitrogens with zero attached hydrogens (tertiary/aromatic N) is 2. The molecule has 0 spiro atoms. The second-order valence-electron chi connectivity index (χ2n) is 3.31. The number of benzene rings is 1. The molecule has 0 radical (unpaired) electrons. The third-order valence-corrected chi connectivity index (χ3v) is 2.99. The molecule has 16 heavy (non-hydrogen) atoms. The van der Waals surface area contributed by atoms with Gasteiger partial charge >= 0.3 is 0 Å². The first-order chi connectivity index (χ1) is 7.66. The van der Waals surface area contributed by atoms with Crippen LogP contribution < -0.4 is 5.73 Å². The number of nitrogens with two attached hydrogens (primary N) is 1. The first-order valence-electron chi connectivity index (χ1n) is 4.65. The van der Waals surface area contributed by atoms with E-state index in [2.05, 4.69) is 15.2 Å². The topological polar surface area (TPSA) is 91.4 Å². The quantitative estimate of drug-likeness (QED) is 0.554. The highest BCUT2D eigenvalue weighted by Gasteiger charge is 2.08. The van der Waals surface area contributed by atoms with E-state index < -0.39 is 0 Å². The van der Waals surface area contributed by atoms with Crippen molar-refractivity contribution in [2.45, 2.75) is 17.0 Å². The maximum atomic E-state index is 7.52. The number of aryl methyl sites for hydroxylation is 1. The van der Waals surface area contributed by atoms with Crippen molar-refractivity contribution >= 4 is 17.6 Å². The molecule has 2 rings (SSSR count). The van der Waals surface area contributed by atoms with Gasteiger partial charge in [-0.15, -0.1) is 0 Å². The van der Waals surface area contributed by atoms with Crippen LogP contribution in [0.5, 0.6) is 0 Å². The number of hydrogen-bond donors (Lipinski definition) is 3. The number of amidine groups is 1. The second-order valence-corrected chi connectivity index (χ2v) is 4.34. The molecule has 0 unspecified atom stereocenters. The summed E-state index contributed by atoms with van der Waals surface area (Å²) >= 11 is 1.41. The zero-order chi connectivity index (χ0) is 11.5. The van der Waals surface area contributed by atoms with Gasteiger partial charge < -0.3 is 5.73 Å². The van der Waals surface area contributed by atoms with Crippen LogP contribution in [0.15, 0.2) is 34.6 Å². The largest absolute Gasteiger partial charge is 0.384 e. The molecule has 5 nitrogen and oxygen atoms in total. The summed E-state index contributed by atoms with van der Waals surface area (Å²) in [7, 11) is 0. The average molecular weight is 233 g/mol. The standard InChI is InChI=1S/C10H11N5S/c1-6-2-3-8(7(4-6)9(11)12)16-10-13-5-14-15-10/h2-5H,1H3,(H3,11,12)(H,13,14,15). The molecule has 1 aromatic carbocycles. The van der Waals surface area contributed by atoms with E-state index in [1.807, 2.05) is 25.1 Å². The summed E-state index contributed by atoms with van der Waals surface area (Å²) in [5.74, 6) is 0.0608. The molecule has 0 bridgehead atoms. The number of hydrogen-bond acceptors (Lipinski definition) is 4. The molecule has 0 aliphatic carbocycles. The maximum absolute atomic E-state index is 7.52. The first-order valence-corrected chi connectivity index (χ1v) is 5.47. The van der Waals surface area contributed by atoms with Crippen LogP contribution >= 0.6 is 11.8 Å². The van der Waals surface area contributed by atoms with Gasteiger partial charge in [0.15, 0.2) is 5.16 Å². The predicted octanol–water partition coefficient (Wildman–Crippen LogP) is 1.55. The van der Waals surface area contributed by atoms with Crippen LogP contribution in [-0.4, -0.2) is 21.0 Å². The zero-order valence-corrected chi connectivity index (χ0v) is 9.51. The Labute approximate surface area is 97.0 Å². The molecule has 1 aromatic heterocycles. The van der Waals surface area contributed by atoms with Gasteiger partial charge in [0.25, 0.3) is 0 Å². The van der Waals surface area contributed by atoms with Crippen LogP contribution in [0.2, 0.25) is 0 Å². The minimum Gasteiger partial charge on any atom is -0.384 e. The number of H-pyrrole nitrogens is 1. The molecule has 0 amide bonds. The lowest BCUT2D eigenvalue weighted by atomic mass is 10.1. The Kier molecular flexibility index (Phi) is 2.91. The number of rotatable bonds is 3. The minimum atomic E-state index is 0.0608. The van der Waals surface area contributed by atoms with Crippen molar-refractivity contribution in [3.05, 3.63) is 35.7 Å². The summed E-state index contributed by atoms with van der Waals surface area (Å²) in [4.78, 5) is 4.92. The molecule has 4 N–H and O–H groups in total. The molecule has 0 aliphatic heterocycles. The number of aromatic nitrogens is 3. The fourth-order valence-electron chi connectivity index (χ4n) is 1.29. The molecule has 0 saturated carbocycles. The molecule has 0 saturated heterocycles.